The highest BCUT2D eigenvalue weighted by atomic mass is 16.7. The third kappa shape index (κ3) is 4.34. The molecule has 4 rings (SSSR count). The van der Waals surface area contributed by atoms with Crippen molar-refractivity contribution in [2.75, 3.05) is 37.5 Å². The summed E-state index contributed by atoms with van der Waals surface area (Å²) in [7, 11) is 5.63. The van der Waals surface area contributed by atoms with E-state index in [1.165, 1.54) is 12.1 Å². The molecule has 0 saturated heterocycles. The van der Waals surface area contributed by atoms with E-state index in [-0.39, 0.29) is 5.69 Å². The molecule has 0 radical (unpaired) electrons. The van der Waals surface area contributed by atoms with Gasteiger partial charge in [-0.1, -0.05) is 17.3 Å². The Morgan fingerprint density at radius 1 is 1.03 bits per heavy atom. The standard InChI is InChI=1S/C24H24N4O4/c1-26(2)19-8-6-18(7-9-19)24-27(20-12-14-22(31-3)15-13-20)16-23(25-32-24)17-4-10-21(11-5-17)28(29)30/h4-15,24H,16H2,1-3H3. The molecule has 8 heteroatoms. The molecule has 0 aliphatic carbocycles. The summed E-state index contributed by atoms with van der Waals surface area (Å²) < 4.78 is 5.29. The van der Waals surface area contributed by atoms with Crippen LogP contribution in [-0.2, 0) is 4.84 Å². The molecule has 0 fully saturated rings. The summed E-state index contributed by atoms with van der Waals surface area (Å²) >= 11 is 0. The van der Waals surface area contributed by atoms with E-state index in [9.17, 15) is 10.1 Å². The predicted octanol–water partition coefficient (Wildman–Crippen LogP) is 4.61. The minimum atomic E-state index is -0.417. The summed E-state index contributed by atoms with van der Waals surface area (Å²) in [5.74, 6) is 0.767. The maximum atomic E-state index is 11.0. The van der Waals surface area contributed by atoms with Gasteiger partial charge in [0.1, 0.15) is 11.5 Å². The minimum Gasteiger partial charge on any atom is -0.497 e. The monoisotopic (exact) mass is 432 g/mol. The van der Waals surface area contributed by atoms with Gasteiger partial charge in [-0.2, -0.15) is 0 Å². The molecule has 1 unspecified atom stereocenters. The van der Waals surface area contributed by atoms with E-state index in [4.69, 9.17) is 9.57 Å². The fourth-order valence-electron chi connectivity index (χ4n) is 3.54. The number of nitro groups is 1. The number of hydrogen-bond donors (Lipinski definition) is 0. The summed E-state index contributed by atoms with van der Waals surface area (Å²) in [6.07, 6.45) is -0.415. The number of ether oxygens (including phenoxy) is 1. The van der Waals surface area contributed by atoms with Crippen molar-refractivity contribution in [1.29, 1.82) is 0 Å². The lowest BCUT2D eigenvalue weighted by Crippen LogP contribution is -2.38. The number of oxime groups is 1. The Morgan fingerprint density at radius 2 is 1.69 bits per heavy atom. The molecule has 0 bridgehead atoms. The van der Waals surface area contributed by atoms with Gasteiger partial charge in [-0.3, -0.25) is 10.1 Å². The first-order valence-electron chi connectivity index (χ1n) is 10.1. The Morgan fingerprint density at radius 3 is 2.25 bits per heavy atom. The molecule has 0 amide bonds. The maximum Gasteiger partial charge on any atom is 0.269 e. The Hall–Kier alpha value is -4.07. The van der Waals surface area contributed by atoms with E-state index in [0.717, 1.165) is 28.3 Å². The molecular weight excluding hydrogens is 408 g/mol. The summed E-state index contributed by atoms with van der Waals surface area (Å²) in [4.78, 5) is 20.7. The lowest BCUT2D eigenvalue weighted by Gasteiger charge is -2.36. The van der Waals surface area contributed by atoms with Crippen LogP contribution in [0.4, 0.5) is 17.1 Å². The topological polar surface area (TPSA) is 80.4 Å². The lowest BCUT2D eigenvalue weighted by atomic mass is 10.1. The van der Waals surface area contributed by atoms with Crippen molar-refractivity contribution in [2.24, 2.45) is 5.16 Å². The second-order valence-electron chi connectivity index (χ2n) is 7.61. The highest BCUT2D eigenvalue weighted by Gasteiger charge is 2.29. The van der Waals surface area contributed by atoms with Crippen molar-refractivity contribution in [1.82, 2.24) is 0 Å². The summed E-state index contributed by atoms with van der Waals surface area (Å²) in [5.41, 5.74) is 4.51. The first-order valence-corrected chi connectivity index (χ1v) is 10.1. The van der Waals surface area contributed by atoms with Gasteiger partial charge in [-0.05, 0) is 48.5 Å². The van der Waals surface area contributed by atoms with Gasteiger partial charge in [0.2, 0.25) is 6.23 Å². The number of methoxy groups -OCH3 is 1. The van der Waals surface area contributed by atoms with Gasteiger partial charge in [0, 0.05) is 48.7 Å². The van der Waals surface area contributed by atoms with Crippen LogP contribution in [0.3, 0.4) is 0 Å². The van der Waals surface area contributed by atoms with E-state index in [1.807, 2.05) is 67.5 Å². The molecule has 1 heterocycles. The van der Waals surface area contributed by atoms with Crippen LogP contribution >= 0.6 is 0 Å². The first-order chi connectivity index (χ1) is 15.5. The molecule has 3 aromatic carbocycles. The van der Waals surface area contributed by atoms with E-state index in [1.54, 1.807) is 19.2 Å². The molecule has 0 aromatic heterocycles. The SMILES string of the molecule is COc1ccc(N2CC(c3ccc([N+](=O)[O-])cc3)=NOC2c2ccc(N(C)C)cc2)cc1. The van der Waals surface area contributed by atoms with Crippen LogP contribution in [0.5, 0.6) is 5.75 Å². The van der Waals surface area contributed by atoms with Gasteiger partial charge in [0.05, 0.1) is 18.6 Å². The van der Waals surface area contributed by atoms with Crippen LogP contribution in [0.2, 0.25) is 0 Å². The summed E-state index contributed by atoms with van der Waals surface area (Å²) in [5, 5.41) is 15.3. The quantitative estimate of drug-likeness (QED) is 0.418. The average molecular weight is 432 g/mol. The van der Waals surface area contributed by atoms with Gasteiger partial charge in [0.25, 0.3) is 5.69 Å². The Bertz CT molecular complexity index is 1110. The van der Waals surface area contributed by atoms with Crippen LogP contribution in [0.1, 0.15) is 17.4 Å². The van der Waals surface area contributed by atoms with Crippen LogP contribution in [-0.4, -0.2) is 38.4 Å². The largest absolute Gasteiger partial charge is 0.497 e. The van der Waals surface area contributed by atoms with Gasteiger partial charge in [-0.25, -0.2) is 0 Å². The Balaban J connectivity index is 1.68. The molecule has 3 aromatic rings. The van der Waals surface area contributed by atoms with Gasteiger partial charge < -0.3 is 19.4 Å². The van der Waals surface area contributed by atoms with Crippen LogP contribution < -0.4 is 14.5 Å². The van der Waals surface area contributed by atoms with Crippen molar-refractivity contribution < 1.29 is 14.5 Å². The van der Waals surface area contributed by atoms with Crippen LogP contribution in [0.25, 0.3) is 0 Å². The fourth-order valence-corrected chi connectivity index (χ4v) is 3.54. The Labute approximate surface area is 186 Å². The zero-order valence-corrected chi connectivity index (χ0v) is 18.1. The molecule has 1 aliphatic heterocycles. The van der Waals surface area contributed by atoms with Crippen LogP contribution in [0, 0.1) is 10.1 Å². The summed E-state index contributed by atoms with van der Waals surface area (Å²) in [6.45, 7) is 0.476. The van der Waals surface area contributed by atoms with Crippen LogP contribution in [0.15, 0.2) is 78.0 Å². The number of anilines is 2. The van der Waals surface area contributed by atoms with Gasteiger partial charge >= 0.3 is 0 Å². The number of nitrogens with zero attached hydrogens (tertiary/aromatic N) is 4. The smallest absolute Gasteiger partial charge is 0.269 e. The summed E-state index contributed by atoms with van der Waals surface area (Å²) in [6, 6.07) is 22.2. The van der Waals surface area contributed by atoms with E-state index in [0.29, 0.717) is 12.3 Å². The van der Waals surface area contributed by atoms with Crippen molar-refractivity contribution in [3.8, 4) is 5.75 Å². The third-order valence-electron chi connectivity index (χ3n) is 5.38. The van der Waals surface area contributed by atoms with Gasteiger partial charge in [-0.15, -0.1) is 0 Å². The maximum absolute atomic E-state index is 11.0. The predicted molar refractivity (Wildman–Crippen MR) is 125 cm³/mol. The van der Waals surface area contributed by atoms with Crippen molar-refractivity contribution >= 4 is 22.8 Å². The van der Waals surface area contributed by atoms with E-state index in [2.05, 4.69) is 10.1 Å². The molecule has 0 N–H and O–H groups in total. The third-order valence-corrected chi connectivity index (χ3v) is 5.38. The van der Waals surface area contributed by atoms with E-state index < -0.39 is 11.2 Å². The van der Waals surface area contributed by atoms with Crippen molar-refractivity contribution in [2.45, 2.75) is 6.23 Å². The minimum absolute atomic E-state index is 0.0388. The lowest BCUT2D eigenvalue weighted by molar-refractivity contribution is -0.384. The fraction of sp³-hybridized carbons (Fsp3) is 0.208. The highest BCUT2D eigenvalue weighted by molar-refractivity contribution is 6.03. The molecule has 1 aliphatic rings. The molecule has 1 atom stereocenters. The molecular formula is C24H24N4O4. The number of rotatable bonds is 6. The molecule has 8 nitrogen and oxygen atoms in total. The molecule has 0 saturated carbocycles. The normalized spacial score (nSPS) is 15.5. The number of hydrogen-bond acceptors (Lipinski definition) is 7. The zero-order chi connectivity index (χ0) is 22.7. The number of non-ortho nitro benzene ring substituents is 1. The number of nitro benzene ring substituents is 1. The molecule has 0 spiro atoms. The first kappa shape index (κ1) is 21.2. The number of benzene rings is 3. The highest BCUT2D eigenvalue weighted by Crippen LogP contribution is 2.33. The van der Waals surface area contributed by atoms with Crippen molar-refractivity contribution in [3.05, 3.63) is 94.0 Å². The second-order valence-corrected chi connectivity index (χ2v) is 7.61. The Kier molecular flexibility index (Phi) is 5.93. The second kappa shape index (κ2) is 8.97. The van der Waals surface area contributed by atoms with Crippen molar-refractivity contribution in [3.63, 3.8) is 0 Å². The average Bonchev–Trinajstić information content (AvgIpc) is 2.84. The van der Waals surface area contributed by atoms with Gasteiger partial charge in [0.15, 0.2) is 0 Å². The molecule has 32 heavy (non-hydrogen) atoms. The van der Waals surface area contributed by atoms with E-state index >= 15 is 0 Å². The molecule has 164 valence electrons. The zero-order valence-electron chi connectivity index (χ0n) is 18.1.